The first-order valence-corrected chi connectivity index (χ1v) is 19.8. The summed E-state index contributed by atoms with van der Waals surface area (Å²) in [5.74, 6) is -2.50. The SMILES string of the molecule is C[C@H](CCCOS(=O)(=O)[O-])C1CC[C@H]2C3C(C[C@H](OS(=O)(=O)[O-])[C@]12C)[C@@]1(C)CC[C@@H](OS(=O)(=O)[O-])C[C@@H]1C[C@H]3OS(=O)(=O)[O-].[K+].[K+].[K+].[K+]. The van der Waals surface area contributed by atoms with Crippen LogP contribution < -0.4 is 206 Å². The Labute approximate surface area is 455 Å². The molecule has 0 aromatic heterocycles. The summed E-state index contributed by atoms with van der Waals surface area (Å²) in [5.41, 5.74) is -1.68. The molecule has 4 fully saturated rings. The van der Waals surface area contributed by atoms with Crippen molar-refractivity contribution in [3.05, 3.63) is 0 Å². The van der Waals surface area contributed by atoms with Gasteiger partial charge in [0.05, 0.1) is 24.9 Å². The predicted molar refractivity (Wildman–Crippen MR) is 144 cm³/mol. The fourth-order valence-corrected chi connectivity index (χ4v) is 11.5. The second kappa shape index (κ2) is 20.8. The summed E-state index contributed by atoms with van der Waals surface area (Å²) in [4.78, 5) is 0. The molecule has 4 aliphatic rings. The molecule has 3 unspecified atom stereocenters. The molecule has 0 N–H and O–H groups in total. The van der Waals surface area contributed by atoms with E-state index in [1.807, 2.05) is 13.8 Å². The van der Waals surface area contributed by atoms with Crippen LogP contribution >= 0.6 is 0 Å². The van der Waals surface area contributed by atoms with E-state index in [1.54, 1.807) is 6.92 Å². The van der Waals surface area contributed by atoms with Gasteiger partial charge in [-0.2, -0.15) is 0 Å². The number of rotatable bonds is 12. The fraction of sp³-hybridized carbons (Fsp3) is 1.00. The van der Waals surface area contributed by atoms with Crippen LogP contribution in [0.3, 0.4) is 0 Å². The van der Waals surface area contributed by atoms with Gasteiger partial charge in [0, 0.05) is 5.41 Å². The summed E-state index contributed by atoms with van der Waals surface area (Å²) >= 11 is 0. The Morgan fingerprint density at radius 1 is 0.708 bits per heavy atom. The van der Waals surface area contributed by atoms with Crippen molar-refractivity contribution < 1.29 is 274 Å². The Hall–Kier alpha value is 6.03. The maximum atomic E-state index is 12.0. The zero-order valence-electron chi connectivity index (χ0n) is 28.4. The van der Waals surface area contributed by atoms with Gasteiger partial charge in [-0.15, -0.1) is 0 Å². The second-order valence-corrected chi connectivity index (χ2v) is 17.4. The molecule has 0 aromatic rings. The van der Waals surface area contributed by atoms with E-state index >= 15 is 0 Å². The third-order valence-electron chi connectivity index (χ3n) is 11.2. The molecule has 0 amide bonds. The maximum absolute atomic E-state index is 12.0. The first-order valence-electron chi connectivity index (χ1n) is 14.5. The largest absolute Gasteiger partial charge is 1.00 e. The summed E-state index contributed by atoms with van der Waals surface area (Å²) in [6.07, 6.45) is -1.13. The van der Waals surface area contributed by atoms with Gasteiger partial charge in [0.25, 0.3) is 0 Å². The smallest absolute Gasteiger partial charge is 0.726 e. The Morgan fingerprint density at radius 3 is 1.79 bits per heavy atom. The third kappa shape index (κ3) is 14.1. The third-order valence-corrected chi connectivity index (χ3v) is 13.1. The molecule has 16 nitrogen and oxygen atoms in total. The van der Waals surface area contributed by atoms with Crippen molar-refractivity contribution in [2.45, 2.75) is 96.9 Å². The topological polar surface area (TPSA) is 266 Å². The van der Waals surface area contributed by atoms with E-state index < -0.39 is 94.4 Å². The summed E-state index contributed by atoms with van der Waals surface area (Å²) in [5, 5.41) is 0. The van der Waals surface area contributed by atoms with Crippen molar-refractivity contribution in [2.75, 3.05) is 6.61 Å². The molecule has 0 radical (unpaired) electrons. The molecule has 0 heterocycles. The van der Waals surface area contributed by atoms with E-state index in [0.29, 0.717) is 25.7 Å². The fourth-order valence-electron chi connectivity index (χ4n) is 9.62. The Balaban J connectivity index is 0.00000552. The van der Waals surface area contributed by atoms with Gasteiger partial charge in [-0.1, -0.05) is 20.8 Å². The van der Waals surface area contributed by atoms with E-state index in [0.717, 1.165) is 0 Å². The quantitative estimate of drug-likeness (QED) is 0.0763. The van der Waals surface area contributed by atoms with E-state index in [9.17, 15) is 51.9 Å². The molecule has 258 valence electrons. The molecule has 4 aliphatic carbocycles. The zero-order chi connectivity index (χ0) is 33.1. The van der Waals surface area contributed by atoms with E-state index in [2.05, 4.69) is 4.18 Å². The Morgan fingerprint density at radius 2 is 1.27 bits per heavy atom. The van der Waals surface area contributed by atoms with Crippen LogP contribution in [0.1, 0.15) is 78.6 Å². The molecule has 0 bridgehead atoms. The summed E-state index contributed by atoms with van der Waals surface area (Å²) in [7, 11) is -20.3. The van der Waals surface area contributed by atoms with Gasteiger partial charge in [-0.05, 0) is 98.7 Å². The molecular weight excluding hydrogens is 829 g/mol. The van der Waals surface area contributed by atoms with Crippen LogP contribution in [-0.2, 0) is 58.3 Å². The molecule has 48 heavy (non-hydrogen) atoms. The minimum Gasteiger partial charge on any atom is -0.726 e. The van der Waals surface area contributed by atoms with Gasteiger partial charge in [0.2, 0.25) is 41.6 Å². The van der Waals surface area contributed by atoms with Crippen molar-refractivity contribution in [3.63, 3.8) is 0 Å². The van der Waals surface area contributed by atoms with Crippen LogP contribution in [0.5, 0.6) is 0 Å². The average molecular weight is 867 g/mol. The number of fused-ring (bicyclic) bond motifs is 5. The predicted octanol–water partition coefficient (Wildman–Crippen LogP) is -10.7. The summed E-state index contributed by atoms with van der Waals surface area (Å²) < 4.78 is 158. The van der Waals surface area contributed by atoms with Crippen molar-refractivity contribution in [1.29, 1.82) is 0 Å². The van der Waals surface area contributed by atoms with Gasteiger partial charge < -0.3 is 18.2 Å². The molecule has 0 aromatic carbocycles. The van der Waals surface area contributed by atoms with Crippen molar-refractivity contribution >= 4 is 41.6 Å². The summed E-state index contributed by atoms with van der Waals surface area (Å²) in [6, 6.07) is 0. The van der Waals surface area contributed by atoms with Crippen molar-refractivity contribution in [1.82, 2.24) is 0 Å². The second-order valence-electron chi connectivity index (χ2n) is 13.3. The van der Waals surface area contributed by atoms with Crippen LogP contribution in [0.15, 0.2) is 0 Å². The van der Waals surface area contributed by atoms with Crippen molar-refractivity contribution in [2.24, 2.45) is 46.3 Å². The minimum absolute atomic E-state index is 0. The maximum Gasteiger partial charge on any atom is 1.00 e. The van der Waals surface area contributed by atoms with Crippen LogP contribution in [0.25, 0.3) is 0 Å². The molecular formula is C24H38K4O16S4. The molecule has 24 heteroatoms. The Bertz CT molecular complexity index is 1520. The first-order chi connectivity index (χ1) is 19.9. The molecule has 0 spiro atoms. The van der Waals surface area contributed by atoms with Crippen LogP contribution in [0.4, 0.5) is 0 Å². The van der Waals surface area contributed by atoms with Gasteiger partial charge in [-0.3, -0.25) is 16.7 Å². The molecule has 0 aliphatic heterocycles. The zero-order valence-corrected chi connectivity index (χ0v) is 44.2. The van der Waals surface area contributed by atoms with E-state index in [1.165, 1.54) is 0 Å². The van der Waals surface area contributed by atoms with Crippen molar-refractivity contribution in [3.8, 4) is 0 Å². The standard InChI is InChI=1S/C24H42O16S4.4K/c1-14(5-4-10-37-41(25,26)27)17-6-7-18-22-19(13-21(24(17,18)3)40-44(34,35)36)23(2)9-8-16(38-42(28,29)30)11-15(23)12-20(22)39-43(31,32)33;;;;/h14-22H,4-13H2,1-3H3,(H,25,26,27)(H,28,29,30)(H,31,32,33)(H,34,35,36);;;;/q;4*+1/p-4/t14-,15-,16-,17?,18+,19?,20-,21+,22?,23+,24-;;;;/m1..../s1. The van der Waals surface area contributed by atoms with Crippen LogP contribution in [-0.4, -0.2) is 76.8 Å². The van der Waals surface area contributed by atoms with Gasteiger partial charge in [0.1, 0.15) is 0 Å². The van der Waals surface area contributed by atoms with Crippen LogP contribution in [0.2, 0.25) is 0 Å². The average Bonchev–Trinajstić information content (AvgIpc) is 3.18. The summed E-state index contributed by atoms with van der Waals surface area (Å²) in [6.45, 7) is 5.19. The van der Waals surface area contributed by atoms with Gasteiger partial charge in [0.15, 0.2) is 0 Å². The first kappa shape index (κ1) is 54.0. The molecule has 4 saturated carbocycles. The Kier molecular flexibility index (Phi) is 23.4. The van der Waals surface area contributed by atoms with Gasteiger partial charge >= 0.3 is 206 Å². The minimum atomic E-state index is -5.22. The monoisotopic (exact) mass is 866 g/mol. The van der Waals surface area contributed by atoms with E-state index in [4.69, 9.17) is 12.5 Å². The number of hydrogen-bond acceptors (Lipinski definition) is 16. The molecule has 0 saturated heterocycles. The van der Waals surface area contributed by atoms with Crippen LogP contribution in [0, 0.1) is 46.3 Å². The molecule has 11 atom stereocenters. The van der Waals surface area contributed by atoms with Gasteiger partial charge in [-0.25, -0.2) is 33.7 Å². The number of hydrogen-bond donors (Lipinski definition) is 0. The molecule has 4 rings (SSSR count). The van der Waals surface area contributed by atoms with E-state index in [-0.39, 0.29) is 256 Å². The normalized spacial score (nSPS) is 37.1.